The van der Waals surface area contributed by atoms with Gasteiger partial charge in [0.1, 0.15) is 5.60 Å². The number of piperazine rings is 1. The Labute approximate surface area is 194 Å². The molecule has 9 heteroatoms. The first-order chi connectivity index (χ1) is 13.4. The van der Waals surface area contributed by atoms with E-state index >= 15 is 0 Å². The molecule has 162 valence electrons. The fourth-order valence-electron chi connectivity index (χ4n) is 4.02. The van der Waals surface area contributed by atoms with Crippen LogP contribution in [0, 0.1) is 0 Å². The van der Waals surface area contributed by atoms with Crippen LogP contribution in [0.15, 0.2) is 4.99 Å². The number of hydrogen-bond donors (Lipinski definition) is 1. The van der Waals surface area contributed by atoms with Gasteiger partial charge in [-0.05, 0) is 46.5 Å². The second-order valence-electron chi connectivity index (χ2n) is 8.80. The van der Waals surface area contributed by atoms with Crippen LogP contribution in [0.1, 0.15) is 49.2 Å². The second-order valence-corrected chi connectivity index (χ2v) is 9.97. The van der Waals surface area contributed by atoms with E-state index in [-0.39, 0.29) is 36.1 Å². The van der Waals surface area contributed by atoms with Crippen LogP contribution in [0.3, 0.4) is 0 Å². The van der Waals surface area contributed by atoms with Crippen molar-refractivity contribution in [1.82, 2.24) is 20.1 Å². The molecule has 7 nitrogen and oxygen atoms in total. The van der Waals surface area contributed by atoms with Crippen LogP contribution in [0.2, 0.25) is 0 Å². The zero-order valence-electron chi connectivity index (χ0n) is 17.6. The molecule has 1 unspecified atom stereocenters. The summed E-state index contributed by atoms with van der Waals surface area (Å²) in [6.45, 7) is 9.43. The van der Waals surface area contributed by atoms with Gasteiger partial charge in [-0.3, -0.25) is 4.99 Å². The Bertz CT molecular complexity index is 737. The number of carbonyl (C=O) groups excluding carboxylic acids is 1. The van der Waals surface area contributed by atoms with Crippen molar-refractivity contribution in [3.8, 4) is 0 Å². The van der Waals surface area contributed by atoms with E-state index in [1.54, 1.807) is 0 Å². The van der Waals surface area contributed by atoms with Gasteiger partial charge in [0.15, 0.2) is 5.96 Å². The molecule has 1 saturated heterocycles. The summed E-state index contributed by atoms with van der Waals surface area (Å²) >= 11 is 1.89. The van der Waals surface area contributed by atoms with Crippen LogP contribution in [0.4, 0.5) is 4.79 Å². The summed E-state index contributed by atoms with van der Waals surface area (Å²) in [5.74, 6) is 0.968. The lowest BCUT2D eigenvalue weighted by Gasteiger charge is -2.39. The van der Waals surface area contributed by atoms with E-state index < -0.39 is 5.60 Å². The van der Waals surface area contributed by atoms with Crippen LogP contribution in [-0.4, -0.2) is 71.2 Å². The molecule has 0 saturated carbocycles. The molecule has 0 aromatic carbocycles. The molecule has 4 rings (SSSR count). The number of aryl methyl sites for hydroxylation is 2. The minimum absolute atomic E-state index is 0. The predicted molar refractivity (Wildman–Crippen MR) is 126 cm³/mol. The Kier molecular flexibility index (Phi) is 7.29. The highest BCUT2D eigenvalue weighted by Crippen LogP contribution is 2.26. The summed E-state index contributed by atoms with van der Waals surface area (Å²) in [6, 6.07) is 0.246. The number of nitrogens with zero attached hydrogens (tertiary/aromatic N) is 4. The topological polar surface area (TPSA) is 70.1 Å². The molecule has 1 aromatic heterocycles. The predicted octanol–water partition coefficient (Wildman–Crippen LogP) is 3.06. The highest BCUT2D eigenvalue weighted by molar-refractivity contribution is 14.0. The lowest BCUT2D eigenvalue weighted by molar-refractivity contribution is 0.0137. The number of thiazole rings is 1. The van der Waals surface area contributed by atoms with Crippen LogP contribution in [0.5, 0.6) is 0 Å². The molecule has 2 aliphatic heterocycles. The third-order valence-electron chi connectivity index (χ3n) is 5.37. The number of ether oxygens (including phenoxy) is 1. The van der Waals surface area contributed by atoms with Crippen LogP contribution >= 0.6 is 35.3 Å². The lowest BCUT2D eigenvalue weighted by Crippen LogP contribution is -2.57. The van der Waals surface area contributed by atoms with Gasteiger partial charge in [0.05, 0.1) is 23.3 Å². The molecule has 29 heavy (non-hydrogen) atoms. The smallest absolute Gasteiger partial charge is 0.410 e. The minimum Gasteiger partial charge on any atom is -0.444 e. The number of aromatic nitrogens is 1. The van der Waals surface area contributed by atoms with E-state index in [1.807, 2.05) is 37.0 Å². The summed E-state index contributed by atoms with van der Waals surface area (Å²) in [4.78, 5) is 27.4. The highest BCUT2D eigenvalue weighted by atomic mass is 127. The lowest BCUT2D eigenvalue weighted by atomic mass is 10.0. The molecular weight excluding hydrogens is 501 g/mol. The largest absolute Gasteiger partial charge is 0.444 e. The molecule has 0 bridgehead atoms. The Morgan fingerprint density at radius 1 is 1.28 bits per heavy atom. The van der Waals surface area contributed by atoms with Crippen molar-refractivity contribution in [2.75, 3.05) is 32.7 Å². The van der Waals surface area contributed by atoms with Gasteiger partial charge in [-0.25, -0.2) is 9.78 Å². The number of carbonyl (C=O) groups is 1. The van der Waals surface area contributed by atoms with E-state index in [9.17, 15) is 4.79 Å². The Balaban J connectivity index is 0.00000240. The average Bonchev–Trinajstić information content (AvgIpc) is 3.23. The number of aliphatic imine (C=N–C) groups is 1. The minimum atomic E-state index is -0.456. The van der Waals surface area contributed by atoms with E-state index in [1.165, 1.54) is 34.8 Å². The fourth-order valence-corrected chi connectivity index (χ4v) is 5.17. The average molecular weight is 533 g/mol. The summed E-state index contributed by atoms with van der Waals surface area (Å²) in [7, 11) is 0. The maximum absolute atomic E-state index is 12.3. The summed E-state index contributed by atoms with van der Waals surface area (Å²) in [6.07, 6.45) is 5.66. The number of rotatable bonds is 3. The Hall–Kier alpha value is -1.10. The van der Waals surface area contributed by atoms with Crippen molar-refractivity contribution in [3.63, 3.8) is 0 Å². The van der Waals surface area contributed by atoms with Crippen molar-refractivity contribution in [1.29, 1.82) is 0 Å². The number of fused-ring (bicyclic) bond motifs is 2. The molecule has 1 atom stereocenters. The molecule has 1 N–H and O–H groups in total. The zero-order chi connectivity index (χ0) is 19.7. The van der Waals surface area contributed by atoms with Gasteiger partial charge >= 0.3 is 6.09 Å². The van der Waals surface area contributed by atoms with Crippen molar-refractivity contribution in [2.24, 2.45) is 4.99 Å². The third kappa shape index (κ3) is 5.53. The number of hydrogen-bond acceptors (Lipinski definition) is 7. The molecule has 1 amide bonds. The van der Waals surface area contributed by atoms with Gasteiger partial charge in [-0.2, -0.15) is 0 Å². The number of halogens is 1. The first-order valence-corrected chi connectivity index (χ1v) is 11.2. The molecular formula is C20H32IN5O2S. The third-order valence-corrected chi connectivity index (χ3v) is 6.59. The van der Waals surface area contributed by atoms with Gasteiger partial charge in [-0.1, -0.05) is 0 Å². The SMILES string of the molecule is CC(C)(C)OC(=O)N1CCN2C(NCCc3nc4c(s3)CCCC4)=NCC2C1.I. The second kappa shape index (κ2) is 9.36. The standard InChI is InChI=1S/C20H31N5O2S.HI/c1-20(2,3)27-19(26)24-10-11-25-14(13-24)12-22-18(25)21-9-8-17-23-15-6-4-5-7-16(15)28-17;/h14H,4-13H2,1-3H3,(H,21,22);1H. The first-order valence-electron chi connectivity index (χ1n) is 10.4. The van der Waals surface area contributed by atoms with Crippen LogP contribution < -0.4 is 5.32 Å². The van der Waals surface area contributed by atoms with E-state index in [0.29, 0.717) is 13.1 Å². The van der Waals surface area contributed by atoms with Crippen molar-refractivity contribution < 1.29 is 9.53 Å². The van der Waals surface area contributed by atoms with Gasteiger partial charge < -0.3 is 19.9 Å². The Morgan fingerprint density at radius 2 is 2.07 bits per heavy atom. The normalized spacial score (nSPS) is 21.1. The molecule has 3 heterocycles. The molecule has 1 aromatic rings. The van der Waals surface area contributed by atoms with Gasteiger partial charge in [0.2, 0.25) is 0 Å². The quantitative estimate of drug-likeness (QED) is 0.606. The van der Waals surface area contributed by atoms with Gasteiger partial charge in [0.25, 0.3) is 0 Å². The maximum atomic E-state index is 12.3. The van der Waals surface area contributed by atoms with Gasteiger partial charge in [-0.15, -0.1) is 35.3 Å². The van der Waals surface area contributed by atoms with E-state index in [2.05, 4.69) is 15.2 Å². The summed E-state index contributed by atoms with van der Waals surface area (Å²) in [5, 5.41) is 4.74. The number of amides is 1. The molecule has 1 fully saturated rings. The van der Waals surface area contributed by atoms with E-state index in [4.69, 9.17) is 9.72 Å². The highest BCUT2D eigenvalue weighted by Gasteiger charge is 2.36. The van der Waals surface area contributed by atoms with Crippen molar-refractivity contribution in [3.05, 3.63) is 15.6 Å². The Morgan fingerprint density at radius 3 is 2.83 bits per heavy atom. The van der Waals surface area contributed by atoms with Gasteiger partial charge in [0, 0.05) is 37.5 Å². The summed E-state index contributed by atoms with van der Waals surface area (Å²) < 4.78 is 5.51. The maximum Gasteiger partial charge on any atom is 0.410 e. The van der Waals surface area contributed by atoms with Crippen LogP contribution in [-0.2, 0) is 24.0 Å². The number of nitrogens with one attached hydrogen (secondary N) is 1. The molecule has 3 aliphatic rings. The number of guanidine groups is 1. The molecule has 0 radical (unpaired) electrons. The molecule has 1 aliphatic carbocycles. The van der Waals surface area contributed by atoms with Crippen LogP contribution in [0.25, 0.3) is 0 Å². The fraction of sp³-hybridized carbons (Fsp3) is 0.750. The van der Waals surface area contributed by atoms with Crippen molar-refractivity contribution in [2.45, 2.75) is 64.5 Å². The summed E-state index contributed by atoms with van der Waals surface area (Å²) in [5.41, 5.74) is 0.880. The van der Waals surface area contributed by atoms with E-state index in [0.717, 1.165) is 38.4 Å². The monoisotopic (exact) mass is 533 g/mol. The van der Waals surface area contributed by atoms with Crippen molar-refractivity contribution >= 4 is 47.4 Å². The first kappa shape index (κ1) is 22.6. The molecule has 0 spiro atoms. The zero-order valence-corrected chi connectivity index (χ0v) is 20.7.